The maximum absolute atomic E-state index is 11.0. The highest BCUT2D eigenvalue weighted by Gasteiger charge is 2.10. The van der Waals surface area contributed by atoms with Crippen molar-refractivity contribution in [1.29, 1.82) is 0 Å². The summed E-state index contributed by atoms with van der Waals surface area (Å²) in [7, 11) is 1.53. The first-order valence-corrected chi connectivity index (χ1v) is 5.87. The molecule has 0 bridgehead atoms. The van der Waals surface area contributed by atoms with Gasteiger partial charge in [0.2, 0.25) is 0 Å². The number of ether oxygens (including phenoxy) is 1. The third kappa shape index (κ3) is 2.63. The number of hydrogen-bond donors (Lipinski definition) is 2. The van der Waals surface area contributed by atoms with Crippen molar-refractivity contribution in [2.45, 2.75) is 0 Å². The van der Waals surface area contributed by atoms with Gasteiger partial charge in [-0.2, -0.15) is 0 Å². The molecule has 2 aromatic rings. The second-order valence-electron chi connectivity index (χ2n) is 3.96. The zero-order valence-corrected chi connectivity index (χ0v) is 10.9. The average Bonchev–Trinajstić information content (AvgIpc) is 2.38. The molecule has 0 spiro atoms. The smallest absolute Gasteiger partial charge is 0.337 e. The molecule has 0 amide bonds. The summed E-state index contributed by atoms with van der Waals surface area (Å²) in [5.74, 6) is -0.488. The molecule has 19 heavy (non-hydrogen) atoms. The lowest BCUT2D eigenvalue weighted by atomic mass is 10.0. The number of carboxylic acid groups (broad SMARTS) is 1. The fourth-order valence-corrected chi connectivity index (χ4v) is 2.02. The first-order valence-electron chi connectivity index (χ1n) is 5.49. The second kappa shape index (κ2) is 5.20. The predicted octanol–water partition coefficient (Wildman–Crippen LogP) is 3.30. The molecule has 98 valence electrons. The first-order chi connectivity index (χ1) is 9.02. The monoisotopic (exact) mass is 277 g/mol. The van der Waals surface area contributed by atoms with Crippen LogP contribution in [0.15, 0.2) is 36.4 Å². The fourth-order valence-electron chi connectivity index (χ4n) is 1.77. The first kappa shape index (κ1) is 13.2. The van der Waals surface area contributed by atoms with Gasteiger partial charge in [0.25, 0.3) is 0 Å². The van der Waals surface area contributed by atoms with E-state index >= 15 is 0 Å². The van der Waals surface area contributed by atoms with Crippen LogP contribution in [0.5, 0.6) is 5.75 Å². The summed E-state index contributed by atoms with van der Waals surface area (Å²) in [6.07, 6.45) is 0. The third-order valence-electron chi connectivity index (χ3n) is 2.77. The van der Waals surface area contributed by atoms with E-state index < -0.39 is 5.97 Å². The molecule has 5 heteroatoms. The molecule has 0 aliphatic rings. The Morgan fingerprint density at radius 2 is 1.84 bits per heavy atom. The Balaban J connectivity index is 2.50. The van der Waals surface area contributed by atoms with Crippen LogP contribution < -0.4 is 10.5 Å². The summed E-state index contributed by atoms with van der Waals surface area (Å²) in [6, 6.07) is 10.1. The van der Waals surface area contributed by atoms with Crippen LogP contribution in [-0.2, 0) is 0 Å². The van der Waals surface area contributed by atoms with E-state index in [4.69, 9.17) is 27.2 Å². The van der Waals surface area contributed by atoms with E-state index in [1.807, 2.05) is 6.07 Å². The lowest BCUT2D eigenvalue weighted by molar-refractivity contribution is 0.0698. The van der Waals surface area contributed by atoms with E-state index in [2.05, 4.69) is 0 Å². The summed E-state index contributed by atoms with van der Waals surface area (Å²) >= 11 is 6.05. The van der Waals surface area contributed by atoms with Crippen molar-refractivity contribution < 1.29 is 14.6 Å². The van der Waals surface area contributed by atoms with Crippen LogP contribution in [0.3, 0.4) is 0 Å². The van der Waals surface area contributed by atoms with E-state index in [1.165, 1.54) is 13.2 Å². The third-order valence-corrected chi connectivity index (χ3v) is 3.06. The molecule has 2 aromatic carbocycles. The predicted molar refractivity (Wildman–Crippen MR) is 74.8 cm³/mol. The fraction of sp³-hybridized carbons (Fsp3) is 0.0714. The van der Waals surface area contributed by atoms with Crippen LogP contribution in [0.1, 0.15) is 10.4 Å². The van der Waals surface area contributed by atoms with Crippen molar-refractivity contribution in [3.05, 3.63) is 47.0 Å². The molecule has 0 aliphatic carbocycles. The topological polar surface area (TPSA) is 72.5 Å². The minimum Gasteiger partial charge on any atom is -0.495 e. The SMILES string of the molecule is COc1ccc(-c2ccc(N)c(C(=O)O)c2)cc1Cl. The molecule has 0 unspecified atom stereocenters. The molecule has 0 atom stereocenters. The summed E-state index contributed by atoms with van der Waals surface area (Å²) in [4.78, 5) is 11.0. The molecule has 0 radical (unpaired) electrons. The molecule has 2 rings (SSSR count). The highest BCUT2D eigenvalue weighted by molar-refractivity contribution is 6.32. The van der Waals surface area contributed by atoms with Gasteiger partial charge in [-0.25, -0.2) is 4.79 Å². The summed E-state index contributed by atoms with van der Waals surface area (Å²) in [6.45, 7) is 0. The number of methoxy groups -OCH3 is 1. The van der Waals surface area contributed by atoms with Crippen LogP contribution in [-0.4, -0.2) is 18.2 Å². The van der Waals surface area contributed by atoms with E-state index in [0.29, 0.717) is 10.8 Å². The number of benzene rings is 2. The number of nitrogen functional groups attached to an aromatic ring is 1. The molecule has 0 saturated heterocycles. The van der Waals surface area contributed by atoms with Crippen LogP contribution in [0.2, 0.25) is 5.02 Å². The Hall–Kier alpha value is -2.20. The van der Waals surface area contributed by atoms with Gasteiger partial charge in [0.15, 0.2) is 0 Å². The van der Waals surface area contributed by atoms with Crippen molar-refractivity contribution >= 4 is 23.3 Å². The standard InChI is InChI=1S/C14H12ClNO3/c1-19-13-5-3-9(7-11(13)15)8-2-4-12(16)10(6-8)14(17)18/h2-7H,16H2,1H3,(H,17,18). The second-order valence-corrected chi connectivity index (χ2v) is 4.36. The van der Waals surface area contributed by atoms with Gasteiger partial charge in [0, 0.05) is 5.69 Å². The molecular formula is C14H12ClNO3. The number of aromatic carboxylic acids is 1. The highest BCUT2D eigenvalue weighted by atomic mass is 35.5. The van der Waals surface area contributed by atoms with Crippen molar-refractivity contribution in [3.63, 3.8) is 0 Å². The molecule has 3 N–H and O–H groups in total. The Morgan fingerprint density at radius 1 is 1.21 bits per heavy atom. The van der Waals surface area contributed by atoms with Gasteiger partial charge in [-0.15, -0.1) is 0 Å². The Morgan fingerprint density at radius 3 is 2.42 bits per heavy atom. The van der Waals surface area contributed by atoms with E-state index in [1.54, 1.807) is 24.3 Å². The molecule has 0 aromatic heterocycles. The van der Waals surface area contributed by atoms with Crippen molar-refractivity contribution in [2.75, 3.05) is 12.8 Å². The summed E-state index contributed by atoms with van der Waals surface area (Å²) in [5.41, 5.74) is 7.45. The maximum Gasteiger partial charge on any atom is 0.337 e. The zero-order chi connectivity index (χ0) is 14.0. The summed E-state index contributed by atoms with van der Waals surface area (Å²) < 4.78 is 5.07. The molecule has 0 saturated carbocycles. The van der Waals surface area contributed by atoms with Crippen molar-refractivity contribution in [2.24, 2.45) is 0 Å². The average molecular weight is 278 g/mol. The number of carboxylic acids is 1. The molecular weight excluding hydrogens is 266 g/mol. The minimum absolute atomic E-state index is 0.0736. The number of nitrogens with two attached hydrogens (primary N) is 1. The highest BCUT2D eigenvalue weighted by Crippen LogP contribution is 2.31. The molecule has 0 heterocycles. The Labute approximate surface area is 115 Å². The number of anilines is 1. The van der Waals surface area contributed by atoms with E-state index in [9.17, 15) is 4.79 Å². The quantitative estimate of drug-likeness (QED) is 0.845. The number of rotatable bonds is 3. The van der Waals surface area contributed by atoms with Crippen molar-refractivity contribution in [3.8, 4) is 16.9 Å². The molecule has 4 nitrogen and oxygen atoms in total. The van der Waals surface area contributed by atoms with Gasteiger partial charge < -0.3 is 15.6 Å². The van der Waals surface area contributed by atoms with Gasteiger partial charge >= 0.3 is 5.97 Å². The van der Waals surface area contributed by atoms with Gasteiger partial charge in [0.1, 0.15) is 5.75 Å². The van der Waals surface area contributed by atoms with Crippen LogP contribution in [0.4, 0.5) is 5.69 Å². The van der Waals surface area contributed by atoms with Crippen LogP contribution in [0, 0.1) is 0 Å². The lowest BCUT2D eigenvalue weighted by Gasteiger charge is -2.08. The van der Waals surface area contributed by atoms with Crippen LogP contribution >= 0.6 is 11.6 Å². The lowest BCUT2D eigenvalue weighted by Crippen LogP contribution is -2.02. The van der Waals surface area contributed by atoms with Gasteiger partial charge in [-0.1, -0.05) is 23.7 Å². The molecule has 0 fully saturated rings. The van der Waals surface area contributed by atoms with E-state index in [-0.39, 0.29) is 11.3 Å². The number of halogens is 1. The van der Waals surface area contributed by atoms with Gasteiger partial charge in [-0.3, -0.25) is 0 Å². The number of carbonyl (C=O) groups is 1. The van der Waals surface area contributed by atoms with Gasteiger partial charge in [0.05, 0.1) is 17.7 Å². The van der Waals surface area contributed by atoms with E-state index in [0.717, 1.165) is 11.1 Å². The Kier molecular flexibility index (Phi) is 3.62. The minimum atomic E-state index is -1.06. The maximum atomic E-state index is 11.0. The largest absolute Gasteiger partial charge is 0.495 e. The normalized spacial score (nSPS) is 10.2. The number of hydrogen-bond acceptors (Lipinski definition) is 3. The van der Waals surface area contributed by atoms with Crippen molar-refractivity contribution in [1.82, 2.24) is 0 Å². The summed E-state index contributed by atoms with van der Waals surface area (Å²) in [5, 5.41) is 9.51. The Bertz CT molecular complexity index is 641. The molecule has 0 aliphatic heterocycles. The zero-order valence-electron chi connectivity index (χ0n) is 10.2. The van der Waals surface area contributed by atoms with Gasteiger partial charge in [-0.05, 0) is 35.4 Å². The van der Waals surface area contributed by atoms with Crippen LogP contribution in [0.25, 0.3) is 11.1 Å².